The Morgan fingerprint density at radius 2 is 1.91 bits per heavy atom. The summed E-state index contributed by atoms with van der Waals surface area (Å²) in [7, 11) is 1.64. The van der Waals surface area contributed by atoms with Crippen LogP contribution >= 0.6 is 23.4 Å². The summed E-state index contributed by atoms with van der Waals surface area (Å²) in [5.41, 5.74) is 1.63. The molecule has 0 saturated carbocycles. The topological polar surface area (TPSA) is 38.3 Å². The second kappa shape index (κ2) is 8.27. The summed E-state index contributed by atoms with van der Waals surface area (Å²) in [5, 5.41) is 3.62. The van der Waals surface area contributed by atoms with Crippen LogP contribution in [0, 0.1) is 0 Å². The van der Waals surface area contributed by atoms with Gasteiger partial charge in [0.2, 0.25) is 0 Å². The van der Waals surface area contributed by atoms with Crippen LogP contribution in [0.15, 0.2) is 47.4 Å². The number of rotatable bonds is 6. The van der Waals surface area contributed by atoms with Crippen molar-refractivity contribution in [2.24, 2.45) is 0 Å². The van der Waals surface area contributed by atoms with Crippen molar-refractivity contribution < 1.29 is 9.53 Å². The molecule has 0 fully saturated rings. The second-order valence-electron chi connectivity index (χ2n) is 5.40. The number of benzene rings is 2. The highest BCUT2D eigenvalue weighted by Gasteiger charge is 2.11. The highest BCUT2D eigenvalue weighted by molar-refractivity contribution is 7.98. The van der Waals surface area contributed by atoms with E-state index in [0.717, 1.165) is 21.2 Å². The first-order chi connectivity index (χ1) is 11.0. The molecule has 1 N–H and O–H groups in total. The average Bonchev–Trinajstić information content (AvgIpc) is 2.53. The molecule has 0 bridgehead atoms. The summed E-state index contributed by atoms with van der Waals surface area (Å²) < 4.78 is 5.40. The summed E-state index contributed by atoms with van der Waals surface area (Å²) in [4.78, 5) is 13.3. The van der Waals surface area contributed by atoms with E-state index < -0.39 is 0 Å². The van der Waals surface area contributed by atoms with E-state index in [2.05, 4.69) is 5.32 Å². The Labute approximate surface area is 146 Å². The molecule has 0 atom stereocenters. The highest BCUT2D eigenvalue weighted by atomic mass is 35.5. The number of ether oxygens (including phenoxy) is 1. The van der Waals surface area contributed by atoms with Crippen molar-refractivity contribution in [3.63, 3.8) is 0 Å². The van der Waals surface area contributed by atoms with Crippen LogP contribution in [0.1, 0.15) is 29.8 Å². The molecule has 23 heavy (non-hydrogen) atoms. The number of carbonyl (C=O) groups excluding carboxylic acids is 1. The van der Waals surface area contributed by atoms with Crippen LogP contribution in [0.25, 0.3) is 0 Å². The van der Waals surface area contributed by atoms with Gasteiger partial charge < -0.3 is 10.1 Å². The van der Waals surface area contributed by atoms with Gasteiger partial charge in [-0.1, -0.05) is 11.6 Å². The normalized spacial score (nSPS) is 10.7. The largest absolute Gasteiger partial charge is 0.496 e. The molecule has 1 amide bonds. The van der Waals surface area contributed by atoms with Crippen molar-refractivity contribution in [3.05, 3.63) is 58.6 Å². The fourth-order valence-electron chi connectivity index (χ4n) is 2.07. The van der Waals surface area contributed by atoms with Gasteiger partial charge in [-0.15, -0.1) is 11.8 Å². The summed E-state index contributed by atoms with van der Waals surface area (Å²) in [5.74, 6) is 1.43. The second-order valence-corrected chi connectivity index (χ2v) is 6.88. The molecule has 0 saturated heterocycles. The Bertz CT molecular complexity index is 671. The number of nitrogens with one attached hydrogen (secondary N) is 1. The molecular weight excluding hydrogens is 330 g/mol. The molecule has 0 radical (unpaired) electrons. The zero-order valence-corrected chi connectivity index (χ0v) is 15.0. The van der Waals surface area contributed by atoms with Gasteiger partial charge in [0.15, 0.2) is 0 Å². The van der Waals surface area contributed by atoms with Crippen molar-refractivity contribution in [1.29, 1.82) is 0 Å². The molecule has 2 aromatic carbocycles. The average molecular weight is 350 g/mol. The van der Waals surface area contributed by atoms with Crippen molar-refractivity contribution in [1.82, 2.24) is 5.32 Å². The Balaban J connectivity index is 2.15. The zero-order valence-electron chi connectivity index (χ0n) is 13.4. The fourth-order valence-corrected chi connectivity index (χ4v) is 3.07. The minimum Gasteiger partial charge on any atom is -0.496 e. The van der Waals surface area contributed by atoms with E-state index in [1.165, 1.54) is 0 Å². The van der Waals surface area contributed by atoms with E-state index in [1.807, 2.05) is 50.2 Å². The third-order valence-corrected chi connectivity index (χ3v) is 4.48. The van der Waals surface area contributed by atoms with Gasteiger partial charge in [-0.25, -0.2) is 0 Å². The predicted molar refractivity (Wildman–Crippen MR) is 96.6 cm³/mol. The van der Waals surface area contributed by atoms with Crippen molar-refractivity contribution in [3.8, 4) is 5.75 Å². The Kier molecular flexibility index (Phi) is 6.37. The van der Waals surface area contributed by atoms with Gasteiger partial charge in [0.25, 0.3) is 5.91 Å². The number of halogens is 1. The standard InChI is InChI=1S/C18H20ClNO2S/c1-12(2)20-18(21)13-4-9-17(22-3)14(10-13)11-23-16-7-5-15(19)6-8-16/h4-10,12H,11H2,1-3H3,(H,20,21). The van der Waals surface area contributed by atoms with Gasteiger partial charge in [-0.2, -0.15) is 0 Å². The van der Waals surface area contributed by atoms with Crippen LogP contribution in [0.3, 0.4) is 0 Å². The van der Waals surface area contributed by atoms with Gasteiger partial charge in [0, 0.05) is 32.8 Å². The fraction of sp³-hybridized carbons (Fsp3) is 0.278. The summed E-state index contributed by atoms with van der Waals surface area (Å²) in [6.45, 7) is 3.89. The van der Waals surface area contributed by atoms with E-state index in [-0.39, 0.29) is 11.9 Å². The van der Waals surface area contributed by atoms with E-state index in [4.69, 9.17) is 16.3 Å². The summed E-state index contributed by atoms with van der Waals surface area (Å²) in [6.07, 6.45) is 0. The monoisotopic (exact) mass is 349 g/mol. The molecule has 0 aliphatic carbocycles. The van der Waals surface area contributed by atoms with Crippen LogP contribution in [0.5, 0.6) is 5.75 Å². The number of hydrogen-bond acceptors (Lipinski definition) is 3. The van der Waals surface area contributed by atoms with E-state index in [1.54, 1.807) is 24.9 Å². The highest BCUT2D eigenvalue weighted by Crippen LogP contribution is 2.29. The number of carbonyl (C=O) groups is 1. The number of amides is 1. The van der Waals surface area contributed by atoms with Gasteiger partial charge in [0.1, 0.15) is 5.75 Å². The zero-order chi connectivity index (χ0) is 16.8. The molecule has 0 aliphatic rings. The molecule has 2 aromatic rings. The maximum atomic E-state index is 12.1. The Hall–Kier alpha value is -1.65. The minimum absolute atomic E-state index is 0.0691. The van der Waals surface area contributed by atoms with Crippen molar-refractivity contribution in [2.45, 2.75) is 30.5 Å². The van der Waals surface area contributed by atoms with Crippen LogP contribution in [-0.2, 0) is 5.75 Å². The van der Waals surface area contributed by atoms with Gasteiger partial charge >= 0.3 is 0 Å². The lowest BCUT2D eigenvalue weighted by molar-refractivity contribution is 0.0943. The quantitative estimate of drug-likeness (QED) is 0.763. The molecule has 0 spiro atoms. The van der Waals surface area contributed by atoms with E-state index in [0.29, 0.717) is 11.3 Å². The lowest BCUT2D eigenvalue weighted by Gasteiger charge is -2.12. The molecular formula is C18H20ClNO2S. The first-order valence-corrected chi connectivity index (χ1v) is 8.72. The Morgan fingerprint density at radius 1 is 1.22 bits per heavy atom. The van der Waals surface area contributed by atoms with Gasteiger partial charge in [-0.3, -0.25) is 4.79 Å². The molecule has 5 heteroatoms. The van der Waals surface area contributed by atoms with Gasteiger partial charge in [0.05, 0.1) is 7.11 Å². The third kappa shape index (κ3) is 5.19. The number of methoxy groups -OCH3 is 1. The molecule has 3 nitrogen and oxygen atoms in total. The number of hydrogen-bond donors (Lipinski definition) is 1. The molecule has 0 aromatic heterocycles. The van der Waals surface area contributed by atoms with Crippen LogP contribution in [-0.4, -0.2) is 19.1 Å². The summed E-state index contributed by atoms with van der Waals surface area (Å²) in [6, 6.07) is 13.3. The first-order valence-electron chi connectivity index (χ1n) is 7.35. The SMILES string of the molecule is COc1ccc(C(=O)NC(C)C)cc1CSc1ccc(Cl)cc1. The summed E-state index contributed by atoms with van der Waals surface area (Å²) >= 11 is 7.58. The first kappa shape index (κ1) is 17.7. The van der Waals surface area contributed by atoms with Crippen LogP contribution < -0.4 is 10.1 Å². The molecule has 0 unspecified atom stereocenters. The van der Waals surface area contributed by atoms with E-state index in [9.17, 15) is 4.79 Å². The molecule has 0 heterocycles. The lowest BCUT2D eigenvalue weighted by Crippen LogP contribution is -2.30. The molecule has 0 aliphatic heterocycles. The number of thioether (sulfide) groups is 1. The maximum absolute atomic E-state index is 12.1. The van der Waals surface area contributed by atoms with Crippen molar-refractivity contribution in [2.75, 3.05) is 7.11 Å². The van der Waals surface area contributed by atoms with Crippen molar-refractivity contribution >= 4 is 29.3 Å². The molecule has 122 valence electrons. The Morgan fingerprint density at radius 3 is 2.52 bits per heavy atom. The smallest absolute Gasteiger partial charge is 0.251 e. The van der Waals surface area contributed by atoms with Gasteiger partial charge in [-0.05, 0) is 56.3 Å². The predicted octanol–water partition coefficient (Wildman–Crippen LogP) is 4.78. The molecule has 2 rings (SSSR count). The van der Waals surface area contributed by atoms with Crippen LogP contribution in [0.4, 0.5) is 0 Å². The van der Waals surface area contributed by atoms with Crippen LogP contribution in [0.2, 0.25) is 5.02 Å². The van der Waals surface area contributed by atoms with E-state index >= 15 is 0 Å². The lowest BCUT2D eigenvalue weighted by atomic mass is 10.1. The maximum Gasteiger partial charge on any atom is 0.251 e. The minimum atomic E-state index is -0.0691. The third-order valence-electron chi connectivity index (χ3n) is 3.17.